The molecule has 0 aromatic heterocycles. The molecule has 2 aliphatic carbocycles. The first-order valence-electron chi connectivity index (χ1n) is 5.43. The van der Waals surface area contributed by atoms with Crippen molar-refractivity contribution < 1.29 is 5.11 Å². The van der Waals surface area contributed by atoms with E-state index in [0.29, 0.717) is 5.92 Å². The maximum absolute atomic E-state index is 9.76. The average molecular weight is 168 g/mol. The molecule has 1 N–H and O–H groups in total. The number of hydrogen-bond acceptors (Lipinski definition) is 1. The molecule has 2 fully saturated rings. The van der Waals surface area contributed by atoms with Gasteiger partial charge in [-0.05, 0) is 43.4 Å². The normalized spacial score (nSPS) is 43.0. The van der Waals surface area contributed by atoms with Gasteiger partial charge in [-0.25, -0.2) is 0 Å². The van der Waals surface area contributed by atoms with Crippen molar-refractivity contribution in [2.75, 3.05) is 0 Å². The molecule has 0 aromatic carbocycles. The maximum atomic E-state index is 9.76. The summed E-state index contributed by atoms with van der Waals surface area (Å²) in [5.41, 5.74) is 0. The number of aliphatic hydroxyl groups is 1. The largest absolute Gasteiger partial charge is 0.393 e. The summed E-state index contributed by atoms with van der Waals surface area (Å²) in [5.74, 6) is 2.48. The highest BCUT2D eigenvalue weighted by atomic mass is 16.3. The van der Waals surface area contributed by atoms with Gasteiger partial charge in [0.2, 0.25) is 0 Å². The molecule has 3 unspecified atom stereocenters. The Kier molecular flexibility index (Phi) is 2.40. The van der Waals surface area contributed by atoms with Crippen LogP contribution < -0.4 is 0 Å². The fourth-order valence-corrected chi connectivity index (χ4v) is 2.52. The minimum Gasteiger partial charge on any atom is -0.393 e. The molecule has 0 amide bonds. The Morgan fingerprint density at radius 2 is 1.92 bits per heavy atom. The van der Waals surface area contributed by atoms with E-state index in [1.807, 2.05) is 0 Å². The third-order valence-corrected chi connectivity index (χ3v) is 3.54. The van der Waals surface area contributed by atoms with E-state index in [1.165, 1.54) is 32.1 Å². The van der Waals surface area contributed by atoms with Gasteiger partial charge in [0.15, 0.2) is 0 Å². The SMILES string of the molecule is CC1CCC(O)C(CC2CC2)C1. The lowest BCUT2D eigenvalue weighted by Gasteiger charge is -2.31. The molecular weight excluding hydrogens is 148 g/mol. The Morgan fingerprint density at radius 1 is 1.17 bits per heavy atom. The predicted octanol–water partition coefficient (Wildman–Crippen LogP) is 2.58. The standard InChI is InChI=1S/C11H20O/c1-8-2-5-11(12)10(6-8)7-9-3-4-9/h8-12H,2-7H2,1H3. The number of rotatable bonds is 2. The van der Waals surface area contributed by atoms with Gasteiger partial charge in [-0.2, -0.15) is 0 Å². The first-order chi connectivity index (χ1) is 5.75. The van der Waals surface area contributed by atoms with Crippen LogP contribution in [0, 0.1) is 17.8 Å². The smallest absolute Gasteiger partial charge is 0.0568 e. The van der Waals surface area contributed by atoms with E-state index in [9.17, 15) is 5.11 Å². The van der Waals surface area contributed by atoms with E-state index in [4.69, 9.17) is 0 Å². The van der Waals surface area contributed by atoms with E-state index in [0.717, 1.165) is 18.3 Å². The fourth-order valence-electron chi connectivity index (χ4n) is 2.52. The molecule has 1 heteroatoms. The molecule has 0 saturated heterocycles. The van der Waals surface area contributed by atoms with Gasteiger partial charge in [-0.15, -0.1) is 0 Å². The van der Waals surface area contributed by atoms with Crippen LogP contribution in [-0.2, 0) is 0 Å². The van der Waals surface area contributed by atoms with E-state index < -0.39 is 0 Å². The van der Waals surface area contributed by atoms with Crippen molar-refractivity contribution in [1.82, 2.24) is 0 Å². The van der Waals surface area contributed by atoms with E-state index in [2.05, 4.69) is 6.92 Å². The fraction of sp³-hybridized carbons (Fsp3) is 1.00. The minimum absolute atomic E-state index is 0.0294. The van der Waals surface area contributed by atoms with Crippen LogP contribution in [0.4, 0.5) is 0 Å². The van der Waals surface area contributed by atoms with Crippen LogP contribution in [0.15, 0.2) is 0 Å². The maximum Gasteiger partial charge on any atom is 0.0568 e. The zero-order valence-corrected chi connectivity index (χ0v) is 8.00. The molecule has 2 saturated carbocycles. The lowest BCUT2D eigenvalue weighted by atomic mass is 9.78. The van der Waals surface area contributed by atoms with Crippen molar-refractivity contribution in [2.24, 2.45) is 17.8 Å². The second-order valence-corrected chi connectivity index (χ2v) is 4.92. The van der Waals surface area contributed by atoms with Crippen molar-refractivity contribution in [2.45, 2.75) is 51.6 Å². The molecule has 0 radical (unpaired) electrons. The number of hydrogen-bond donors (Lipinski definition) is 1. The summed E-state index contributed by atoms with van der Waals surface area (Å²) in [6.45, 7) is 2.33. The van der Waals surface area contributed by atoms with Gasteiger partial charge in [-0.1, -0.05) is 19.8 Å². The average Bonchev–Trinajstić information content (AvgIpc) is 2.81. The molecule has 0 aromatic rings. The predicted molar refractivity (Wildman–Crippen MR) is 49.9 cm³/mol. The second-order valence-electron chi connectivity index (χ2n) is 4.92. The quantitative estimate of drug-likeness (QED) is 0.672. The summed E-state index contributed by atoms with van der Waals surface area (Å²) in [6.07, 6.45) is 7.76. The van der Waals surface area contributed by atoms with Gasteiger partial charge >= 0.3 is 0 Å². The van der Waals surface area contributed by atoms with Crippen molar-refractivity contribution >= 4 is 0 Å². The summed E-state index contributed by atoms with van der Waals surface area (Å²) < 4.78 is 0. The van der Waals surface area contributed by atoms with Crippen molar-refractivity contribution in [3.05, 3.63) is 0 Å². The molecule has 0 aliphatic heterocycles. The van der Waals surface area contributed by atoms with E-state index in [-0.39, 0.29) is 6.10 Å². The Hall–Kier alpha value is -0.0400. The zero-order valence-electron chi connectivity index (χ0n) is 8.00. The van der Waals surface area contributed by atoms with Gasteiger partial charge in [-0.3, -0.25) is 0 Å². The van der Waals surface area contributed by atoms with Crippen LogP contribution >= 0.6 is 0 Å². The van der Waals surface area contributed by atoms with Crippen LogP contribution in [-0.4, -0.2) is 11.2 Å². The van der Waals surface area contributed by atoms with Gasteiger partial charge < -0.3 is 5.11 Å². The highest BCUT2D eigenvalue weighted by molar-refractivity contribution is 4.84. The summed E-state index contributed by atoms with van der Waals surface area (Å²) in [4.78, 5) is 0. The van der Waals surface area contributed by atoms with Crippen molar-refractivity contribution in [1.29, 1.82) is 0 Å². The minimum atomic E-state index is 0.0294. The first kappa shape index (κ1) is 8.55. The zero-order chi connectivity index (χ0) is 8.55. The Morgan fingerprint density at radius 3 is 2.58 bits per heavy atom. The summed E-state index contributed by atoms with van der Waals surface area (Å²) in [5, 5.41) is 9.76. The highest BCUT2D eigenvalue weighted by Crippen LogP contribution is 2.41. The van der Waals surface area contributed by atoms with Crippen LogP contribution in [0.2, 0.25) is 0 Å². The summed E-state index contributed by atoms with van der Waals surface area (Å²) in [7, 11) is 0. The van der Waals surface area contributed by atoms with Gasteiger partial charge in [0, 0.05) is 0 Å². The van der Waals surface area contributed by atoms with Crippen LogP contribution in [0.5, 0.6) is 0 Å². The topological polar surface area (TPSA) is 20.2 Å². The molecule has 1 nitrogen and oxygen atoms in total. The van der Waals surface area contributed by atoms with Crippen molar-refractivity contribution in [3.8, 4) is 0 Å². The molecule has 2 rings (SSSR count). The van der Waals surface area contributed by atoms with Crippen LogP contribution in [0.25, 0.3) is 0 Å². The van der Waals surface area contributed by atoms with Gasteiger partial charge in [0.05, 0.1) is 6.10 Å². The first-order valence-corrected chi connectivity index (χ1v) is 5.43. The molecular formula is C11H20O. The molecule has 70 valence electrons. The van der Waals surface area contributed by atoms with Gasteiger partial charge in [0.25, 0.3) is 0 Å². The molecule has 0 bridgehead atoms. The monoisotopic (exact) mass is 168 g/mol. The highest BCUT2D eigenvalue weighted by Gasteiger charge is 2.32. The molecule has 3 atom stereocenters. The molecule has 12 heavy (non-hydrogen) atoms. The summed E-state index contributed by atoms with van der Waals surface area (Å²) in [6, 6.07) is 0. The Bertz CT molecular complexity index is 149. The Labute approximate surface area is 75.2 Å². The number of aliphatic hydroxyl groups excluding tert-OH is 1. The second kappa shape index (κ2) is 3.37. The third kappa shape index (κ3) is 2.01. The molecule has 0 heterocycles. The van der Waals surface area contributed by atoms with E-state index >= 15 is 0 Å². The Balaban J connectivity index is 1.82. The lowest BCUT2D eigenvalue weighted by Crippen LogP contribution is -2.28. The molecule has 2 aliphatic rings. The van der Waals surface area contributed by atoms with Crippen LogP contribution in [0.1, 0.15) is 45.4 Å². The molecule has 0 spiro atoms. The van der Waals surface area contributed by atoms with Crippen molar-refractivity contribution in [3.63, 3.8) is 0 Å². The van der Waals surface area contributed by atoms with E-state index in [1.54, 1.807) is 0 Å². The third-order valence-electron chi connectivity index (χ3n) is 3.54. The lowest BCUT2D eigenvalue weighted by molar-refractivity contribution is 0.0446. The van der Waals surface area contributed by atoms with Gasteiger partial charge in [0.1, 0.15) is 0 Å². The van der Waals surface area contributed by atoms with Crippen LogP contribution in [0.3, 0.4) is 0 Å². The summed E-state index contributed by atoms with van der Waals surface area (Å²) >= 11 is 0.